The van der Waals surface area contributed by atoms with Gasteiger partial charge in [-0.1, -0.05) is 13.0 Å². The minimum absolute atomic E-state index is 0.0607. The number of hydrogen-bond acceptors (Lipinski definition) is 3. The Kier molecular flexibility index (Phi) is 3.84. The molecule has 0 atom stereocenters. The molecule has 1 fully saturated rings. The molecule has 0 radical (unpaired) electrons. The third-order valence-electron chi connectivity index (χ3n) is 3.48. The first-order chi connectivity index (χ1) is 8.58. The largest absolute Gasteiger partial charge is 0.363 e. The highest BCUT2D eigenvalue weighted by molar-refractivity contribution is 5.92. The average molecular weight is 247 g/mol. The van der Waals surface area contributed by atoms with Crippen LogP contribution in [0, 0.1) is 5.92 Å². The number of aromatic nitrogens is 1. The average Bonchev–Trinajstić information content (AvgIpc) is 2.39. The monoisotopic (exact) mass is 247 g/mol. The fourth-order valence-electron chi connectivity index (χ4n) is 2.17. The topological polar surface area (TPSA) is 36.4 Å². The molecule has 4 heteroatoms. The minimum Gasteiger partial charge on any atom is -0.363 e. The van der Waals surface area contributed by atoms with Crippen molar-refractivity contribution in [3.63, 3.8) is 0 Å². The number of hydrogen-bond donors (Lipinski definition) is 0. The third kappa shape index (κ3) is 2.81. The molecule has 0 aromatic carbocycles. The Morgan fingerprint density at radius 3 is 2.61 bits per heavy atom. The molecule has 0 bridgehead atoms. The molecular formula is C14H21N3O. The highest BCUT2D eigenvalue weighted by Crippen LogP contribution is 2.18. The number of likely N-dealkylation sites (tertiary alicyclic amines) is 1. The maximum atomic E-state index is 12.3. The highest BCUT2D eigenvalue weighted by atomic mass is 16.2. The fourth-order valence-corrected chi connectivity index (χ4v) is 2.17. The summed E-state index contributed by atoms with van der Waals surface area (Å²) < 4.78 is 0. The van der Waals surface area contributed by atoms with Crippen LogP contribution in [0.15, 0.2) is 18.2 Å². The summed E-state index contributed by atoms with van der Waals surface area (Å²) in [5.74, 6) is 1.62. The molecule has 1 aromatic rings. The van der Waals surface area contributed by atoms with Gasteiger partial charge in [0.2, 0.25) is 0 Å². The summed E-state index contributed by atoms with van der Waals surface area (Å²) in [6, 6.07) is 5.60. The van der Waals surface area contributed by atoms with Crippen LogP contribution in [0.1, 0.15) is 30.3 Å². The van der Waals surface area contributed by atoms with Crippen LogP contribution < -0.4 is 4.90 Å². The van der Waals surface area contributed by atoms with Gasteiger partial charge < -0.3 is 9.80 Å². The van der Waals surface area contributed by atoms with E-state index in [9.17, 15) is 4.79 Å². The summed E-state index contributed by atoms with van der Waals surface area (Å²) in [6.45, 7) is 3.95. The van der Waals surface area contributed by atoms with E-state index in [0.29, 0.717) is 5.69 Å². The van der Waals surface area contributed by atoms with Crippen molar-refractivity contribution in [1.29, 1.82) is 0 Å². The second-order valence-corrected chi connectivity index (χ2v) is 5.25. The van der Waals surface area contributed by atoms with Gasteiger partial charge in [-0.05, 0) is 30.9 Å². The summed E-state index contributed by atoms with van der Waals surface area (Å²) in [4.78, 5) is 20.6. The van der Waals surface area contributed by atoms with Crippen molar-refractivity contribution in [3.05, 3.63) is 23.9 Å². The molecule has 98 valence electrons. The van der Waals surface area contributed by atoms with Crippen LogP contribution in [0.25, 0.3) is 0 Å². The number of pyridine rings is 1. The zero-order chi connectivity index (χ0) is 13.1. The lowest BCUT2D eigenvalue weighted by molar-refractivity contribution is 0.0691. The van der Waals surface area contributed by atoms with Gasteiger partial charge in [0.25, 0.3) is 5.91 Å². The van der Waals surface area contributed by atoms with E-state index < -0.39 is 0 Å². The lowest BCUT2D eigenvalue weighted by Crippen LogP contribution is -2.38. The highest BCUT2D eigenvalue weighted by Gasteiger charge is 2.22. The summed E-state index contributed by atoms with van der Waals surface area (Å²) in [6.07, 6.45) is 2.19. The molecule has 1 amide bonds. The first-order valence-electron chi connectivity index (χ1n) is 6.51. The Hall–Kier alpha value is -1.58. The number of carbonyl (C=O) groups is 1. The SMILES string of the molecule is CC1CCN(C(=O)c2cccc(N(C)C)n2)CC1. The standard InChI is InChI=1S/C14H21N3O/c1-11-7-9-17(10-8-11)14(18)12-5-4-6-13(15-12)16(2)3/h4-6,11H,7-10H2,1-3H3. The molecule has 0 unspecified atom stereocenters. The Morgan fingerprint density at radius 2 is 2.00 bits per heavy atom. The number of carbonyl (C=O) groups excluding carboxylic acids is 1. The van der Waals surface area contributed by atoms with E-state index in [1.165, 1.54) is 0 Å². The molecule has 1 saturated heterocycles. The van der Waals surface area contributed by atoms with Gasteiger partial charge in [-0.2, -0.15) is 0 Å². The smallest absolute Gasteiger partial charge is 0.272 e. The van der Waals surface area contributed by atoms with Gasteiger partial charge in [-0.3, -0.25) is 4.79 Å². The summed E-state index contributed by atoms with van der Waals surface area (Å²) in [5, 5.41) is 0. The predicted octanol–water partition coefficient (Wildman–Crippen LogP) is 2.02. The van der Waals surface area contributed by atoms with Crippen molar-refractivity contribution in [1.82, 2.24) is 9.88 Å². The first-order valence-corrected chi connectivity index (χ1v) is 6.51. The van der Waals surface area contributed by atoms with Crippen LogP contribution in [0.5, 0.6) is 0 Å². The fraction of sp³-hybridized carbons (Fsp3) is 0.571. The number of nitrogens with zero attached hydrogens (tertiary/aromatic N) is 3. The molecule has 4 nitrogen and oxygen atoms in total. The van der Waals surface area contributed by atoms with Gasteiger partial charge in [0.05, 0.1) is 0 Å². The van der Waals surface area contributed by atoms with Gasteiger partial charge in [0.1, 0.15) is 11.5 Å². The quantitative estimate of drug-likeness (QED) is 0.802. The summed E-state index contributed by atoms with van der Waals surface area (Å²) in [5.41, 5.74) is 0.552. The van der Waals surface area contributed by atoms with Crippen molar-refractivity contribution in [3.8, 4) is 0 Å². The van der Waals surface area contributed by atoms with E-state index in [0.717, 1.165) is 37.7 Å². The molecule has 1 aliphatic rings. The normalized spacial score (nSPS) is 16.7. The molecule has 0 N–H and O–H groups in total. The van der Waals surface area contributed by atoms with Crippen LogP contribution in [-0.2, 0) is 0 Å². The Labute approximate surface area is 109 Å². The zero-order valence-corrected chi connectivity index (χ0v) is 11.4. The molecule has 2 heterocycles. The second kappa shape index (κ2) is 5.38. The predicted molar refractivity (Wildman–Crippen MR) is 72.9 cm³/mol. The van der Waals surface area contributed by atoms with E-state index in [-0.39, 0.29) is 5.91 Å². The number of anilines is 1. The van der Waals surface area contributed by atoms with Gasteiger partial charge in [0.15, 0.2) is 0 Å². The van der Waals surface area contributed by atoms with Crippen molar-refractivity contribution in [2.24, 2.45) is 5.92 Å². The van der Waals surface area contributed by atoms with Crippen LogP contribution >= 0.6 is 0 Å². The van der Waals surface area contributed by atoms with Crippen molar-refractivity contribution >= 4 is 11.7 Å². The first kappa shape index (κ1) is 12.9. The number of rotatable bonds is 2. The molecule has 0 aliphatic carbocycles. The maximum absolute atomic E-state index is 12.3. The molecule has 0 saturated carbocycles. The number of piperidine rings is 1. The minimum atomic E-state index is 0.0607. The number of amides is 1. The van der Waals surface area contributed by atoms with Gasteiger partial charge >= 0.3 is 0 Å². The summed E-state index contributed by atoms with van der Waals surface area (Å²) in [7, 11) is 3.86. The van der Waals surface area contributed by atoms with Crippen molar-refractivity contribution in [2.45, 2.75) is 19.8 Å². The third-order valence-corrected chi connectivity index (χ3v) is 3.48. The van der Waals surface area contributed by atoms with Crippen LogP contribution in [0.3, 0.4) is 0 Å². The molecule has 0 spiro atoms. The van der Waals surface area contributed by atoms with E-state index in [1.807, 2.05) is 36.0 Å². The van der Waals surface area contributed by atoms with E-state index in [2.05, 4.69) is 11.9 Å². The Balaban J connectivity index is 2.11. The van der Waals surface area contributed by atoms with E-state index >= 15 is 0 Å². The van der Waals surface area contributed by atoms with Crippen molar-refractivity contribution in [2.75, 3.05) is 32.1 Å². The van der Waals surface area contributed by atoms with Gasteiger partial charge in [-0.25, -0.2) is 4.98 Å². The molecular weight excluding hydrogens is 226 g/mol. The Bertz CT molecular complexity index is 423. The zero-order valence-electron chi connectivity index (χ0n) is 11.4. The molecule has 1 aliphatic heterocycles. The Morgan fingerprint density at radius 1 is 1.33 bits per heavy atom. The van der Waals surface area contributed by atoms with Crippen LogP contribution in [-0.4, -0.2) is 43.0 Å². The van der Waals surface area contributed by atoms with Gasteiger partial charge in [-0.15, -0.1) is 0 Å². The lowest BCUT2D eigenvalue weighted by atomic mass is 9.99. The lowest BCUT2D eigenvalue weighted by Gasteiger charge is -2.30. The van der Waals surface area contributed by atoms with Gasteiger partial charge in [0, 0.05) is 27.2 Å². The maximum Gasteiger partial charge on any atom is 0.272 e. The molecule has 18 heavy (non-hydrogen) atoms. The van der Waals surface area contributed by atoms with Crippen molar-refractivity contribution < 1.29 is 4.79 Å². The van der Waals surface area contributed by atoms with E-state index in [4.69, 9.17) is 0 Å². The second-order valence-electron chi connectivity index (χ2n) is 5.25. The summed E-state index contributed by atoms with van der Waals surface area (Å²) >= 11 is 0. The van der Waals surface area contributed by atoms with Crippen LogP contribution in [0.4, 0.5) is 5.82 Å². The molecule has 2 rings (SSSR count). The van der Waals surface area contributed by atoms with Crippen LogP contribution in [0.2, 0.25) is 0 Å². The molecule has 1 aromatic heterocycles. The van der Waals surface area contributed by atoms with E-state index in [1.54, 1.807) is 6.07 Å².